The zero-order valence-electron chi connectivity index (χ0n) is 8.80. The van der Waals surface area contributed by atoms with E-state index in [0.29, 0.717) is 5.02 Å². The first kappa shape index (κ1) is 12.6. The van der Waals surface area contributed by atoms with E-state index in [1.165, 1.54) is 24.7 Å². The molecular formula is C11H6Cl2N2O3. The molecule has 2 aromatic heterocycles. The molecule has 0 atom stereocenters. The van der Waals surface area contributed by atoms with Crippen molar-refractivity contribution in [3.05, 3.63) is 46.5 Å². The summed E-state index contributed by atoms with van der Waals surface area (Å²) in [4.78, 5) is 18.5. The van der Waals surface area contributed by atoms with Crippen LogP contribution >= 0.6 is 23.2 Å². The lowest BCUT2D eigenvalue weighted by atomic mass is 10.2. The average molecular weight is 285 g/mol. The second-order valence-electron chi connectivity index (χ2n) is 3.24. The molecule has 1 N–H and O–H groups in total. The summed E-state index contributed by atoms with van der Waals surface area (Å²) in [5.41, 5.74) is -0.137. The standard InChI is InChI=1S/C11H6Cl2N2O3/c12-6-1-7(3-14-2-6)18-10-8(11(16)17)4-15-5-9(10)13/h1-5H,(H,16,17). The summed E-state index contributed by atoms with van der Waals surface area (Å²) in [5.74, 6) is -0.892. The molecule has 2 heterocycles. The van der Waals surface area contributed by atoms with Crippen molar-refractivity contribution >= 4 is 29.2 Å². The Kier molecular flexibility index (Phi) is 3.64. The highest BCUT2D eigenvalue weighted by Crippen LogP contribution is 2.32. The summed E-state index contributed by atoms with van der Waals surface area (Å²) in [7, 11) is 0. The number of halogens is 2. The highest BCUT2D eigenvalue weighted by molar-refractivity contribution is 6.32. The third-order valence-corrected chi connectivity index (χ3v) is 2.46. The SMILES string of the molecule is O=C(O)c1cncc(Cl)c1Oc1cncc(Cl)c1. The Morgan fingerprint density at radius 2 is 1.89 bits per heavy atom. The molecule has 2 rings (SSSR count). The summed E-state index contributed by atoms with van der Waals surface area (Å²) < 4.78 is 5.38. The number of aromatic nitrogens is 2. The lowest BCUT2D eigenvalue weighted by molar-refractivity contribution is 0.0693. The molecule has 18 heavy (non-hydrogen) atoms. The Bertz CT molecular complexity index is 605. The van der Waals surface area contributed by atoms with E-state index in [0.717, 1.165) is 6.20 Å². The maximum atomic E-state index is 11.0. The van der Waals surface area contributed by atoms with Crippen LogP contribution in [0.4, 0.5) is 0 Å². The van der Waals surface area contributed by atoms with Gasteiger partial charge in [0.25, 0.3) is 0 Å². The first-order chi connectivity index (χ1) is 8.58. The third-order valence-electron chi connectivity index (χ3n) is 1.98. The van der Waals surface area contributed by atoms with Gasteiger partial charge in [-0.1, -0.05) is 23.2 Å². The van der Waals surface area contributed by atoms with Gasteiger partial charge in [0.05, 0.1) is 11.2 Å². The molecule has 0 saturated heterocycles. The normalized spacial score (nSPS) is 10.1. The van der Waals surface area contributed by atoms with Gasteiger partial charge in [-0.25, -0.2) is 4.79 Å². The zero-order chi connectivity index (χ0) is 13.1. The number of carboxylic acid groups (broad SMARTS) is 1. The second-order valence-corrected chi connectivity index (χ2v) is 4.09. The van der Waals surface area contributed by atoms with Crippen LogP contribution in [0.15, 0.2) is 30.9 Å². The Hall–Kier alpha value is -1.85. The highest BCUT2D eigenvalue weighted by atomic mass is 35.5. The van der Waals surface area contributed by atoms with Crippen molar-refractivity contribution in [2.24, 2.45) is 0 Å². The average Bonchev–Trinajstić information content (AvgIpc) is 2.31. The molecule has 0 aliphatic heterocycles. The maximum Gasteiger partial charge on any atom is 0.341 e. The molecule has 0 spiro atoms. The number of carbonyl (C=O) groups is 1. The predicted octanol–water partition coefficient (Wildman–Crippen LogP) is 3.27. The number of hydrogen-bond acceptors (Lipinski definition) is 4. The van der Waals surface area contributed by atoms with Gasteiger partial charge in [0.2, 0.25) is 0 Å². The van der Waals surface area contributed by atoms with Crippen LogP contribution in [0.1, 0.15) is 10.4 Å². The molecule has 0 saturated carbocycles. The summed E-state index contributed by atoms with van der Waals surface area (Å²) >= 11 is 11.6. The minimum Gasteiger partial charge on any atom is -0.477 e. The Morgan fingerprint density at radius 3 is 2.56 bits per heavy atom. The molecule has 0 aliphatic carbocycles. The molecule has 0 radical (unpaired) electrons. The van der Waals surface area contributed by atoms with E-state index in [1.807, 2.05) is 0 Å². The number of pyridine rings is 2. The Balaban J connectivity index is 2.42. The number of hydrogen-bond donors (Lipinski definition) is 1. The van der Waals surface area contributed by atoms with Crippen LogP contribution < -0.4 is 4.74 Å². The van der Waals surface area contributed by atoms with Gasteiger partial charge in [0.15, 0.2) is 5.75 Å². The van der Waals surface area contributed by atoms with Gasteiger partial charge in [0.1, 0.15) is 16.3 Å². The number of rotatable bonds is 3. The fraction of sp³-hybridized carbons (Fsp3) is 0. The molecule has 0 aliphatic rings. The summed E-state index contributed by atoms with van der Waals surface area (Å²) in [6, 6.07) is 1.50. The van der Waals surface area contributed by atoms with Gasteiger partial charge in [-0.05, 0) is 0 Å². The number of aromatic carboxylic acids is 1. The first-order valence-electron chi connectivity index (χ1n) is 4.73. The Labute approximate surface area is 112 Å². The van der Waals surface area contributed by atoms with Gasteiger partial charge in [-0.15, -0.1) is 0 Å². The van der Waals surface area contributed by atoms with Gasteiger partial charge in [0, 0.05) is 24.7 Å². The van der Waals surface area contributed by atoms with Crippen molar-refractivity contribution in [1.29, 1.82) is 0 Å². The maximum absolute atomic E-state index is 11.0. The van der Waals surface area contributed by atoms with E-state index in [1.54, 1.807) is 0 Å². The number of nitrogens with zero attached hydrogens (tertiary/aromatic N) is 2. The fourth-order valence-corrected chi connectivity index (χ4v) is 1.61. The third kappa shape index (κ3) is 2.69. The van der Waals surface area contributed by atoms with Crippen LogP contribution in [0.3, 0.4) is 0 Å². The van der Waals surface area contributed by atoms with Crippen LogP contribution in [0.2, 0.25) is 10.0 Å². The lowest BCUT2D eigenvalue weighted by Crippen LogP contribution is -2.01. The molecule has 0 fully saturated rings. The van der Waals surface area contributed by atoms with Crippen molar-refractivity contribution in [1.82, 2.24) is 9.97 Å². The molecule has 2 aromatic rings. The van der Waals surface area contributed by atoms with Crippen molar-refractivity contribution in [3.63, 3.8) is 0 Å². The van der Waals surface area contributed by atoms with Crippen LogP contribution in [-0.4, -0.2) is 21.0 Å². The van der Waals surface area contributed by atoms with Crippen LogP contribution in [0.5, 0.6) is 11.5 Å². The summed E-state index contributed by atoms with van der Waals surface area (Å²) in [5, 5.41) is 9.46. The van der Waals surface area contributed by atoms with E-state index in [2.05, 4.69) is 9.97 Å². The topological polar surface area (TPSA) is 72.3 Å². The van der Waals surface area contributed by atoms with E-state index in [4.69, 9.17) is 33.0 Å². The summed E-state index contributed by atoms with van der Waals surface area (Å²) in [6.07, 6.45) is 5.28. The van der Waals surface area contributed by atoms with Crippen molar-refractivity contribution < 1.29 is 14.6 Å². The number of ether oxygens (including phenoxy) is 1. The molecule has 0 amide bonds. The molecule has 7 heteroatoms. The van der Waals surface area contributed by atoms with E-state index in [9.17, 15) is 4.79 Å². The molecule has 0 unspecified atom stereocenters. The van der Waals surface area contributed by atoms with Gasteiger partial charge >= 0.3 is 5.97 Å². The molecular weight excluding hydrogens is 279 g/mol. The fourth-order valence-electron chi connectivity index (χ4n) is 1.25. The van der Waals surface area contributed by atoms with Gasteiger partial charge < -0.3 is 9.84 Å². The second kappa shape index (κ2) is 5.20. The van der Waals surface area contributed by atoms with E-state index in [-0.39, 0.29) is 22.1 Å². The largest absolute Gasteiger partial charge is 0.477 e. The highest BCUT2D eigenvalue weighted by Gasteiger charge is 2.16. The molecule has 0 bridgehead atoms. The minimum atomic E-state index is -1.19. The predicted molar refractivity (Wildman–Crippen MR) is 65.5 cm³/mol. The number of carboxylic acids is 1. The smallest absolute Gasteiger partial charge is 0.341 e. The van der Waals surface area contributed by atoms with Gasteiger partial charge in [-0.3, -0.25) is 9.97 Å². The monoisotopic (exact) mass is 284 g/mol. The van der Waals surface area contributed by atoms with Crippen LogP contribution in [0.25, 0.3) is 0 Å². The van der Waals surface area contributed by atoms with E-state index < -0.39 is 5.97 Å². The molecule has 92 valence electrons. The minimum absolute atomic E-state index is 0.00299. The molecule has 0 aromatic carbocycles. The van der Waals surface area contributed by atoms with Crippen LogP contribution in [-0.2, 0) is 0 Å². The summed E-state index contributed by atoms with van der Waals surface area (Å²) in [6.45, 7) is 0. The zero-order valence-corrected chi connectivity index (χ0v) is 10.3. The lowest BCUT2D eigenvalue weighted by Gasteiger charge is -2.09. The van der Waals surface area contributed by atoms with Crippen molar-refractivity contribution in [2.45, 2.75) is 0 Å². The first-order valence-corrected chi connectivity index (χ1v) is 5.48. The van der Waals surface area contributed by atoms with Crippen molar-refractivity contribution in [3.8, 4) is 11.5 Å². The van der Waals surface area contributed by atoms with E-state index >= 15 is 0 Å². The van der Waals surface area contributed by atoms with Gasteiger partial charge in [-0.2, -0.15) is 0 Å². The van der Waals surface area contributed by atoms with Crippen LogP contribution in [0, 0.1) is 0 Å². The van der Waals surface area contributed by atoms with Crippen molar-refractivity contribution in [2.75, 3.05) is 0 Å². The molecule has 5 nitrogen and oxygen atoms in total. The Morgan fingerprint density at radius 1 is 1.17 bits per heavy atom. The quantitative estimate of drug-likeness (QED) is 0.936.